The van der Waals surface area contributed by atoms with E-state index in [-0.39, 0.29) is 36.3 Å². The molecule has 5 rings (SSSR count). The summed E-state index contributed by atoms with van der Waals surface area (Å²) in [5.41, 5.74) is -1.08. The molecule has 1 N–H and O–H groups in total. The van der Waals surface area contributed by atoms with E-state index in [0.29, 0.717) is 25.9 Å². The number of aliphatic hydroxyl groups is 1. The molecule has 8 heteroatoms. The number of likely N-dealkylation sites (N-methyl/N-ethyl adjacent to an activating group) is 1. The van der Waals surface area contributed by atoms with Crippen LogP contribution in [0.4, 0.5) is 0 Å². The monoisotopic (exact) mass is 577 g/mol. The highest BCUT2D eigenvalue weighted by atomic mass is 16.5. The number of rotatable bonds is 11. The minimum Gasteiger partial charge on any atom is -0.394 e. The van der Waals surface area contributed by atoms with Gasteiger partial charge in [-0.1, -0.05) is 68.7 Å². The van der Waals surface area contributed by atoms with Crippen molar-refractivity contribution in [1.82, 2.24) is 14.7 Å². The van der Waals surface area contributed by atoms with Gasteiger partial charge in [0.1, 0.15) is 11.6 Å². The van der Waals surface area contributed by atoms with Gasteiger partial charge in [-0.2, -0.15) is 0 Å². The van der Waals surface area contributed by atoms with Crippen LogP contribution in [-0.2, 0) is 25.5 Å². The van der Waals surface area contributed by atoms with Crippen LogP contribution in [0.2, 0.25) is 0 Å². The zero-order chi connectivity index (χ0) is 30.2. The largest absolute Gasteiger partial charge is 0.394 e. The van der Waals surface area contributed by atoms with Crippen molar-refractivity contribution in [3.05, 3.63) is 61.2 Å². The molecular weight excluding hydrogens is 530 g/mol. The number of carbonyl (C=O) groups is 3. The average molecular weight is 578 g/mol. The van der Waals surface area contributed by atoms with Crippen LogP contribution in [0.5, 0.6) is 0 Å². The van der Waals surface area contributed by atoms with Gasteiger partial charge in [0.15, 0.2) is 0 Å². The van der Waals surface area contributed by atoms with Crippen molar-refractivity contribution >= 4 is 17.7 Å². The van der Waals surface area contributed by atoms with Crippen molar-refractivity contribution in [2.75, 3.05) is 26.7 Å². The van der Waals surface area contributed by atoms with Crippen LogP contribution in [0.1, 0.15) is 57.9 Å². The van der Waals surface area contributed by atoms with E-state index in [9.17, 15) is 19.5 Å². The number of fused-ring (bicyclic) bond motifs is 1. The van der Waals surface area contributed by atoms with Crippen molar-refractivity contribution in [3.63, 3.8) is 0 Å². The van der Waals surface area contributed by atoms with E-state index >= 15 is 0 Å². The normalized spacial score (nSPS) is 32.9. The van der Waals surface area contributed by atoms with Crippen LogP contribution >= 0.6 is 0 Å². The Balaban J connectivity index is 1.62. The third-order valence-corrected chi connectivity index (χ3v) is 10.6. The fourth-order valence-corrected chi connectivity index (χ4v) is 8.49. The van der Waals surface area contributed by atoms with E-state index < -0.39 is 35.1 Å². The topological polar surface area (TPSA) is 90.4 Å². The second-order valence-electron chi connectivity index (χ2n) is 13.1. The standard InChI is InChI=1S/C34H47N3O5/c1-6-18-35(5)30(39)27-28-31(40)37(26(22-38)20-24-14-10-8-11-15-24)29(34(28)21-23(3)33(27,4)42-34)32(41)36(19-7-2)25-16-12-9-13-17-25/h6-8,10-11,14-15,23,25-29,38H,1-2,9,12-13,16-22H2,3-5H3/t23?,26-,27+,28+,29?,33-,34?/m1/s1. The molecule has 1 aromatic rings. The number of benzene rings is 1. The first kappa shape index (κ1) is 30.5. The van der Waals surface area contributed by atoms with E-state index in [0.717, 1.165) is 37.7 Å². The summed E-state index contributed by atoms with van der Waals surface area (Å²) in [6, 6.07) is 8.19. The Labute approximate surface area is 250 Å². The number of amides is 3. The number of nitrogens with zero attached hydrogens (tertiary/aromatic N) is 3. The summed E-state index contributed by atoms with van der Waals surface area (Å²) in [6.07, 6.45) is 9.39. The van der Waals surface area contributed by atoms with E-state index in [1.54, 1.807) is 29.0 Å². The van der Waals surface area contributed by atoms with Crippen molar-refractivity contribution in [1.29, 1.82) is 0 Å². The highest BCUT2D eigenvalue weighted by Gasteiger charge is 2.80. The second-order valence-corrected chi connectivity index (χ2v) is 13.1. The fourth-order valence-electron chi connectivity index (χ4n) is 8.49. The Kier molecular flexibility index (Phi) is 8.68. The molecule has 42 heavy (non-hydrogen) atoms. The van der Waals surface area contributed by atoms with Crippen LogP contribution in [0, 0.1) is 17.8 Å². The smallest absolute Gasteiger partial charge is 0.248 e. The van der Waals surface area contributed by atoms with Gasteiger partial charge in [-0.3, -0.25) is 14.4 Å². The highest BCUT2D eigenvalue weighted by Crippen LogP contribution is 2.66. The van der Waals surface area contributed by atoms with Crippen LogP contribution < -0.4 is 0 Å². The van der Waals surface area contributed by atoms with E-state index in [2.05, 4.69) is 20.1 Å². The molecule has 8 nitrogen and oxygen atoms in total. The van der Waals surface area contributed by atoms with Gasteiger partial charge in [-0.25, -0.2) is 0 Å². The Morgan fingerprint density at radius 3 is 2.40 bits per heavy atom. The third kappa shape index (κ3) is 4.80. The molecule has 3 heterocycles. The summed E-state index contributed by atoms with van der Waals surface area (Å²) in [7, 11) is 1.72. The fraction of sp³-hybridized carbons (Fsp3) is 0.618. The first-order chi connectivity index (χ1) is 20.1. The molecular formula is C34H47N3O5. The summed E-state index contributed by atoms with van der Waals surface area (Å²) in [4.78, 5) is 48.8. The Morgan fingerprint density at radius 1 is 1.12 bits per heavy atom. The molecule has 228 valence electrons. The van der Waals surface area contributed by atoms with Gasteiger partial charge in [-0.05, 0) is 44.1 Å². The minimum atomic E-state index is -1.16. The lowest BCUT2D eigenvalue weighted by molar-refractivity contribution is -0.158. The zero-order valence-electron chi connectivity index (χ0n) is 25.4. The first-order valence-corrected chi connectivity index (χ1v) is 15.6. The zero-order valence-corrected chi connectivity index (χ0v) is 25.4. The number of hydrogen-bond donors (Lipinski definition) is 1. The Hall–Kier alpha value is -2.97. The maximum Gasteiger partial charge on any atom is 0.248 e. The van der Waals surface area contributed by atoms with Crippen LogP contribution in [0.15, 0.2) is 55.6 Å². The SMILES string of the molecule is C=CCN(C)C(=O)[C@@H]1[C@H]2C(=O)N([C@@H](CO)Cc3ccccc3)C(C(=O)N(CC=C)C3CCCCC3)C23CC(C)[C@@]1(C)O3. The van der Waals surface area contributed by atoms with E-state index in [1.807, 2.05) is 42.2 Å². The number of likely N-dealkylation sites (tertiary alicyclic amines) is 1. The predicted octanol–water partition coefficient (Wildman–Crippen LogP) is 3.59. The molecule has 4 fully saturated rings. The maximum absolute atomic E-state index is 14.9. The van der Waals surface area contributed by atoms with Gasteiger partial charge in [0, 0.05) is 26.2 Å². The van der Waals surface area contributed by atoms with Crippen LogP contribution in [0.25, 0.3) is 0 Å². The first-order valence-electron chi connectivity index (χ1n) is 15.6. The lowest BCUT2D eigenvalue weighted by atomic mass is 9.62. The molecule has 7 atom stereocenters. The van der Waals surface area contributed by atoms with Gasteiger partial charge in [0.2, 0.25) is 17.7 Å². The molecule has 3 unspecified atom stereocenters. The Bertz CT molecular complexity index is 1200. The third-order valence-electron chi connectivity index (χ3n) is 10.6. The van der Waals surface area contributed by atoms with Crippen molar-refractivity contribution in [2.24, 2.45) is 17.8 Å². The van der Waals surface area contributed by atoms with Gasteiger partial charge in [0.25, 0.3) is 0 Å². The molecule has 0 aromatic heterocycles. The van der Waals surface area contributed by atoms with Gasteiger partial charge >= 0.3 is 0 Å². The van der Waals surface area contributed by atoms with Crippen molar-refractivity contribution < 1.29 is 24.2 Å². The van der Waals surface area contributed by atoms with E-state index in [4.69, 9.17) is 4.74 Å². The Morgan fingerprint density at radius 2 is 1.79 bits per heavy atom. The predicted molar refractivity (Wildman–Crippen MR) is 161 cm³/mol. The maximum atomic E-state index is 14.9. The summed E-state index contributed by atoms with van der Waals surface area (Å²) in [5.74, 6) is -2.20. The van der Waals surface area contributed by atoms with Gasteiger partial charge < -0.3 is 24.5 Å². The second kappa shape index (κ2) is 12.0. The van der Waals surface area contributed by atoms with Crippen molar-refractivity contribution in [2.45, 2.75) is 88.1 Å². The summed E-state index contributed by atoms with van der Waals surface area (Å²) >= 11 is 0. The van der Waals surface area contributed by atoms with Crippen LogP contribution in [0.3, 0.4) is 0 Å². The molecule has 3 amide bonds. The van der Waals surface area contributed by atoms with Gasteiger partial charge in [-0.15, -0.1) is 13.2 Å². The molecule has 1 aliphatic carbocycles. The molecule has 0 radical (unpaired) electrons. The lowest BCUT2D eigenvalue weighted by Crippen LogP contribution is -2.60. The molecule has 2 bridgehead atoms. The highest BCUT2D eigenvalue weighted by molar-refractivity contribution is 5.99. The van der Waals surface area contributed by atoms with E-state index in [1.165, 1.54) is 0 Å². The molecule has 3 aliphatic heterocycles. The number of carbonyl (C=O) groups excluding carboxylic acids is 3. The molecule has 4 aliphatic rings. The average Bonchev–Trinajstić information content (AvgIpc) is 3.51. The molecule has 3 saturated heterocycles. The van der Waals surface area contributed by atoms with Crippen molar-refractivity contribution in [3.8, 4) is 0 Å². The number of aliphatic hydroxyl groups excluding tert-OH is 1. The summed E-state index contributed by atoms with van der Waals surface area (Å²) in [5, 5.41) is 10.8. The molecule has 1 spiro atoms. The number of hydrogen-bond acceptors (Lipinski definition) is 5. The number of ether oxygens (including phenoxy) is 1. The van der Waals surface area contributed by atoms with Gasteiger partial charge in [0.05, 0.1) is 30.1 Å². The van der Waals surface area contributed by atoms with Crippen LogP contribution in [-0.4, -0.2) is 93.6 Å². The minimum absolute atomic E-state index is 0.0490. The quantitative estimate of drug-likeness (QED) is 0.406. The summed E-state index contributed by atoms with van der Waals surface area (Å²) < 4.78 is 6.95. The molecule has 1 saturated carbocycles. The lowest BCUT2D eigenvalue weighted by Gasteiger charge is -2.42. The molecule has 1 aromatic carbocycles. The summed E-state index contributed by atoms with van der Waals surface area (Å²) in [6.45, 7) is 12.2.